The number of methoxy groups -OCH3 is 1. The fourth-order valence-electron chi connectivity index (χ4n) is 3.58. The van der Waals surface area contributed by atoms with Crippen LogP contribution in [0.3, 0.4) is 0 Å². The second-order valence-corrected chi connectivity index (χ2v) is 8.33. The zero-order chi connectivity index (χ0) is 20.8. The molecular weight excluding hydrogens is 388 g/mol. The Morgan fingerprint density at radius 1 is 1.14 bits per heavy atom. The average molecular weight is 417 g/mol. The summed E-state index contributed by atoms with van der Waals surface area (Å²) in [7, 11) is 1.60. The number of carbonyl (C=O) groups excluding carboxylic acids is 2. The second kappa shape index (κ2) is 9.89. The quantitative estimate of drug-likeness (QED) is 0.644. The highest BCUT2D eigenvalue weighted by Gasteiger charge is 2.26. The second-order valence-electron chi connectivity index (χ2n) is 7.22. The molecule has 1 aliphatic rings. The lowest BCUT2D eigenvalue weighted by atomic mass is 9.95. The number of benzene rings is 1. The molecule has 7 heteroatoms. The van der Waals surface area contributed by atoms with Crippen LogP contribution in [0.5, 0.6) is 5.75 Å². The Morgan fingerprint density at radius 3 is 2.59 bits per heavy atom. The first-order chi connectivity index (χ1) is 14.0. The molecule has 1 aliphatic carbocycles. The van der Waals surface area contributed by atoms with Crippen molar-refractivity contribution in [1.29, 1.82) is 0 Å². The van der Waals surface area contributed by atoms with Crippen LogP contribution in [0.15, 0.2) is 18.2 Å². The summed E-state index contributed by atoms with van der Waals surface area (Å²) < 4.78 is 10.8. The number of rotatable bonds is 8. The van der Waals surface area contributed by atoms with Crippen molar-refractivity contribution in [2.45, 2.75) is 39.5 Å². The maximum Gasteiger partial charge on any atom is 0.262 e. The average Bonchev–Trinajstić information content (AvgIpc) is 3.05. The Morgan fingerprint density at radius 2 is 1.86 bits per heavy atom. The number of hydrogen-bond donors (Lipinski definition) is 2. The highest BCUT2D eigenvalue weighted by Crippen LogP contribution is 2.38. The standard InChI is InChI=1S/C22H28N2O4S/c1-14-7-6-8-15(2)20(14)28-13-18(25)24-22-19(21(26)23-11-12-27-3)16-9-4-5-10-17(16)29-22/h6-8H,4-5,9-13H2,1-3H3,(H,23,26)(H,24,25). The number of fused-ring (bicyclic) bond motifs is 1. The van der Waals surface area contributed by atoms with Crippen LogP contribution in [0, 0.1) is 13.8 Å². The molecule has 2 aromatic rings. The van der Waals surface area contributed by atoms with Gasteiger partial charge in [-0.15, -0.1) is 11.3 Å². The van der Waals surface area contributed by atoms with Crippen molar-refractivity contribution >= 4 is 28.2 Å². The normalized spacial score (nSPS) is 12.9. The van der Waals surface area contributed by atoms with E-state index in [0.717, 1.165) is 48.1 Å². The van der Waals surface area contributed by atoms with E-state index >= 15 is 0 Å². The monoisotopic (exact) mass is 416 g/mol. The van der Waals surface area contributed by atoms with Crippen molar-refractivity contribution in [2.24, 2.45) is 0 Å². The van der Waals surface area contributed by atoms with Crippen LogP contribution in [0.25, 0.3) is 0 Å². The zero-order valence-electron chi connectivity index (χ0n) is 17.2. The first kappa shape index (κ1) is 21.3. The van der Waals surface area contributed by atoms with Gasteiger partial charge in [-0.2, -0.15) is 0 Å². The van der Waals surface area contributed by atoms with Crippen LogP contribution < -0.4 is 15.4 Å². The maximum atomic E-state index is 12.8. The van der Waals surface area contributed by atoms with Crippen molar-refractivity contribution in [3.63, 3.8) is 0 Å². The van der Waals surface area contributed by atoms with Crippen molar-refractivity contribution in [3.8, 4) is 5.75 Å². The summed E-state index contributed by atoms with van der Waals surface area (Å²) in [5, 5.41) is 6.41. The molecule has 0 radical (unpaired) electrons. The molecule has 3 rings (SSSR count). The summed E-state index contributed by atoms with van der Waals surface area (Å²) in [5.41, 5.74) is 3.65. The minimum atomic E-state index is -0.266. The number of hydrogen-bond acceptors (Lipinski definition) is 5. The number of anilines is 1. The molecule has 1 aromatic heterocycles. The molecule has 2 amide bonds. The van der Waals surface area contributed by atoms with E-state index in [1.54, 1.807) is 7.11 Å². The third kappa shape index (κ3) is 5.16. The van der Waals surface area contributed by atoms with E-state index < -0.39 is 0 Å². The van der Waals surface area contributed by atoms with Gasteiger partial charge in [-0.05, 0) is 56.2 Å². The minimum Gasteiger partial charge on any atom is -0.483 e. The molecule has 0 bridgehead atoms. The third-order valence-electron chi connectivity index (χ3n) is 5.00. The van der Waals surface area contributed by atoms with Gasteiger partial charge < -0.3 is 20.1 Å². The number of carbonyl (C=O) groups is 2. The Labute approximate surface area is 175 Å². The van der Waals surface area contributed by atoms with Crippen LogP contribution in [0.4, 0.5) is 5.00 Å². The van der Waals surface area contributed by atoms with Gasteiger partial charge in [0.2, 0.25) is 0 Å². The molecule has 2 N–H and O–H groups in total. The van der Waals surface area contributed by atoms with Gasteiger partial charge >= 0.3 is 0 Å². The van der Waals surface area contributed by atoms with E-state index in [4.69, 9.17) is 9.47 Å². The van der Waals surface area contributed by atoms with Crippen LogP contribution >= 0.6 is 11.3 Å². The van der Waals surface area contributed by atoms with E-state index in [-0.39, 0.29) is 18.4 Å². The van der Waals surface area contributed by atoms with Gasteiger partial charge in [-0.1, -0.05) is 18.2 Å². The van der Waals surface area contributed by atoms with Crippen molar-refractivity contribution in [3.05, 3.63) is 45.3 Å². The topological polar surface area (TPSA) is 76.7 Å². The molecule has 0 fully saturated rings. The Balaban J connectivity index is 1.73. The molecule has 0 spiro atoms. The van der Waals surface area contributed by atoms with Gasteiger partial charge in [0.15, 0.2) is 6.61 Å². The van der Waals surface area contributed by atoms with E-state index in [0.29, 0.717) is 23.7 Å². The predicted octanol–water partition coefficient (Wildman–Crippen LogP) is 3.64. The lowest BCUT2D eigenvalue weighted by Crippen LogP contribution is -2.29. The summed E-state index contributed by atoms with van der Waals surface area (Å²) in [5.74, 6) is 0.301. The highest BCUT2D eigenvalue weighted by molar-refractivity contribution is 7.17. The van der Waals surface area contributed by atoms with Crippen molar-refractivity contribution in [2.75, 3.05) is 32.2 Å². The van der Waals surface area contributed by atoms with E-state index in [1.165, 1.54) is 16.2 Å². The molecule has 0 unspecified atom stereocenters. The highest BCUT2D eigenvalue weighted by atomic mass is 32.1. The summed E-state index contributed by atoms with van der Waals surface area (Å²) in [4.78, 5) is 26.5. The molecule has 0 atom stereocenters. The van der Waals surface area contributed by atoms with Crippen molar-refractivity contribution < 1.29 is 19.1 Å². The Kier molecular flexibility index (Phi) is 7.28. The number of thiophene rings is 1. The fourth-order valence-corrected chi connectivity index (χ4v) is 4.88. The van der Waals surface area contributed by atoms with Gasteiger partial charge in [0.1, 0.15) is 10.8 Å². The summed E-state index contributed by atoms with van der Waals surface area (Å²) in [6, 6.07) is 5.87. The SMILES string of the molecule is COCCNC(=O)c1c(NC(=O)COc2c(C)cccc2C)sc2c1CCCC2. The van der Waals surface area contributed by atoms with Gasteiger partial charge in [-0.3, -0.25) is 9.59 Å². The van der Waals surface area contributed by atoms with Crippen LogP contribution in [-0.4, -0.2) is 38.7 Å². The first-order valence-corrected chi connectivity index (χ1v) is 10.7. The van der Waals surface area contributed by atoms with Gasteiger partial charge in [-0.25, -0.2) is 0 Å². The molecule has 6 nitrogen and oxygen atoms in total. The molecule has 0 aliphatic heterocycles. The predicted molar refractivity (Wildman–Crippen MR) is 115 cm³/mol. The fraction of sp³-hybridized carbons (Fsp3) is 0.455. The van der Waals surface area contributed by atoms with Gasteiger partial charge in [0.25, 0.3) is 11.8 Å². The summed E-state index contributed by atoms with van der Waals surface area (Å²) in [6.45, 7) is 4.69. The Bertz CT molecular complexity index is 871. The number of para-hydroxylation sites is 1. The Hall–Kier alpha value is -2.38. The van der Waals surface area contributed by atoms with Gasteiger partial charge in [0, 0.05) is 18.5 Å². The maximum absolute atomic E-state index is 12.8. The van der Waals surface area contributed by atoms with Gasteiger partial charge in [0.05, 0.1) is 12.2 Å². The number of amides is 2. The number of nitrogens with one attached hydrogen (secondary N) is 2. The van der Waals surface area contributed by atoms with Crippen LogP contribution in [0.1, 0.15) is 44.8 Å². The zero-order valence-corrected chi connectivity index (χ0v) is 18.0. The number of aryl methyl sites for hydroxylation is 3. The lowest BCUT2D eigenvalue weighted by Gasteiger charge is -2.14. The van der Waals surface area contributed by atoms with Crippen molar-refractivity contribution in [1.82, 2.24) is 5.32 Å². The molecule has 0 saturated carbocycles. The molecule has 0 saturated heterocycles. The first-order valence-electron chi connectivity index (χ1n) is 9.91. The molecule has 1 heterocycles. The van der Waals surface area contributed by atoms with E-state index in [2.05, 4.69) is 10.6 Å². The largest absolute Gasteiger partial charge is 0.483 e. The molecule has 1 aromatic carbocycles. The molecule has 156 valence electrons. The third-order valence-corrected chi connectivity index (χ3v) is 6.21. The van der Waals surface area contributed by atoms with Crippen LogP contribution in [-0.2, 0) is 22.4 Å². The molecular formula is C22H28N2O4S. The van der Waals surface area contributed by atoms with E-state index in [9.17, 15) is 9.59 Å². The van der Waals surface area contributed by atoms with Crippen LogP contribution in [0.2, 0.25) is 0 Å². The summed E-state index contributed by atoms with van der Waals surface area (Å²) in [6.07, 6.45) is 3.99. The van der Waals surface area contributed by atoms with E-state index in [1.807, 2.05) is 32.0 Å². The number of ether oxygens (including phenoxy) is 2. The summed E-state index contributed by atoms with van der Waals surface area (Å²) >= 11 is 1.51. The minimum absolute atomic E-state index is 0.0982. The lowest BCUT2D eigenvalue weighted by molar-refractivity contribution is -0.118. The smallest absolute Gasteiger partial charge is 0.262 e. The molecule has 29 heavy (non-hydrogen) atoms.